The lowest BCUT2D eigenvalue weighted by Gasteiger charge is -2.37. The molecule has 1 atom stereocenters. The number of amides is 3. The van der Waals surface area contributed by atoms with Crippen molar-refractivity contribution in [3.05, 3.63) is 29.3 Å². The maximum absolute atomic E-state index is 12.9. The zero-order valence-corrected chi connectivity index (χ0v) is 17.0. The Bertz CT molecular complexity index is 782. The van der Waals surface area contributed by atoms with Gasteiger partial charge >= 0.3 is 0 Å². The molecule has 1 aromatic rings. The summed E-state index contributed by atoms with van der Waals surface area (Å²) in [5, 5.41) is 2.37. The van der Waals surface area contributed by atoms with Crippen LogP contribution in [0.4, 0.5) is 0 Å². The summed E-state index contributed by atoms with van der Waals surface area (Å²) in [7, 11) is -2.05. The van der Waals surface area contributed by atoms with Crippen molar-refractivity contribution in [2.45, 2.75) is 64.3 Å². The van der Waals surface area contributed by atoms with Crippen molar-refractivity contribution in [2.75, 3.05) is 0 Å². The first-order valence-corrected chi connectivity index (χ1v) is 11.9. The number of hydrogen-bond donors (Lipinski definition) is 1. The number of nitrogens with one attached hydrogen (secondary N) is 1. The fraction of sp³-hybridized carbons (Fsp3) is 0.526. The molecule has 1 N–H and O–H groups in total. The van der Waals surface area contributed by atoms with Crippen molar-refractivity contribution in [3.63, 3.8) is 0 Å². The van der Waals surface area contributed by atoms with Crippen LogP contribution in [0.25, 0.3) is 0 Å². The highest BCUT2D eigenvalue weighted by Crippen LogP contribution is 2.40. The largest absolute Gasteiger partial charge is 0.543 e. The maximum Gasteiger partial charge on any atom is 0.255 e. The number of carbonyl (C=O) groups excluding carboxylic acids is 3. The number of carbonyl (C=O) groups is 3. The zero-order chi connectivity index (χ0) is 19.3. The smallest absolute Gasteiger partial charge is 0.255 e. The van der Waals surface area contributed by atoms with Crippen LogP contribution in [-0.2, 0) is 16.1 Å². The molecule has 1 fully saturated rings. The quantitative estimate of drug-likeness (QED) is 0.652. The van der Waals surface area contributed by atoms with E-state index in [-0.39, 0.29) is 23.3 Å². The number of nitrogens with zero attached hydrogens (tertiary/aromatic N) is 1. The van der Waals surface area contributed by atoms with E-state index < -0.39 is 20.3 Å². The Kier molecular flexibility index (Phi) is 4.46. The molecule has 0 spiro atoms. The van der Waals surface area contributed by atoms with Gasteiger partial charge < -0.3 is 9.33 Å². The summed E-state index contributed by atoms with van der Waals surface area (Å²) in [5.41, 5.74) is 1.43. The second kappa shape index (κ2) is 6.23. The van der Waals surface area contributed by atoms with E-state index in [1.165, 1.54) is 0 Å². The Balaban J connectivity index is 1.89. The van der Waals surface area contributed by atoms with Crippen LogP contribution in [-0.4, -0.2) is 37.0 Å². The minimum atomic E-state index is -2.05. The average Bonchev–Trinajstić information content (AvgIpc) is 2.84. The predicted octanol–water partition coefficient (Wildman–Crippen LogP) is 2.83. The SMILES string of the molecule is CC(C)(C)[Si](C)(C)Oc1cccc2c1CN(C1CCC(=O)NC1=O)C2=O. The molecular weight excluding hydrogens is 348 g/mol. The van der Waals surface area contributed by atoms with Gasteiger partial charge in [0.05, 0.1) is 6.54 Å². The summed E-state index contributed by atoms with van der Waals surface area (Å²) in [5.74, 6) is -0.112. The first-order chi connectivity index (χ1) is 12.0. The van der Waals surface area contributed by atoms with Crippen molar-refractivity contribution in [1.29, 1.82) is 0 Å². The molecular formula is C19H26N2O4Si. The van der Waals surface area contributed by atoms with Gasteiger partial charge in [-0.3, -0.25) is 19.7 Å². The molecule has 7 heteroatoms. The summed E-state index contributed by atoms with van der Waals surface area (Å²) in [6.07, 6.45) is 0.618. The van der Waals surface area contributed by atoms with E-state index >= 15 is 0 Å². The molecule has 2 aliphatic rings. The Morgan fingerprint density at radius 3 is 2.50 bits per heavy atom. The third-order valence-corrected chi connectivity index (χ3v) is 10.1. The van der Waals surface area contributed by atoms with Gasteiger partial charge in [-0.1, -0.05) is 26.8 Å². The second-order valence-electron chi connectivity index (χ2n) is 8.54. The molecule has 0 bridgehead atoms. The van der Waals surface area contributed by atoms with Crippen molar-refractivity contribution < 1.29 is 18.8 Å². The number of rotatable bonds is 3. The van der Waals surface area contributed by atoms with E-state index in [2.05, 4.69) is 39.2 Å². The molecule has 2 heterocycles. The van der Waals surface area contributed by atoms with Gasteiger partial charge in [-0.15, -0.1) is 0 Å². The topological polar surface area (TPSA) is 75.7 Å². The standard InChI is InChI=1S/C19H26N2O4Si/c1-19(2,3)26(4,5)25-15-8-6-7-12-13(15)11-21(18(12)24)14-9-10-16(22)20-17(14)23/h6-8,14H,9-11H2,1-5H3,(H,20,22,23). The third-order valence-electron chi connectivity index (χ3n) is 5.71. The molecule has 140 valence electrons. The monoisotopic (exact) mass is 374 g/mol. The van der Waals surface area contributed by atoms with E-state index in [1.54, 1.807) is 11.0 Å². The van der Waals surface area contributed by atoms with Crippen molar-refractivity contribution in [3.8, 4) is 5.75 Å². The Hall–Kier alpha value is -2.15. The van der Waals surface area contributed by atoms with Gasteiger partial charge in [-0.2, -0.15) is 0 Å². The van der Waals surface area contributed by atoms with Gasteiger partial charge in [0.1, 0.15) is 11.8 Å². The average molecular weight is 375 g/mol. The number of imide groups is 1. The van der Waals surface area contributed by atoms with Crippen LogP contribution in [0, 0.1) is 0 Å². The lowest BCUT2D eigenvalue weighted by molar-refractivity contribution is -0.136. The summed E-state index contributed by atoms with van der Waals surface area (Å²) >= 11 is 0. The lowest BCUT2D eigenvalue weighted by atomic mass is 10.0. The Morgan fingerprint density at radius 2 is 1.88 bits per heavy atom. The van der Waals surface area contributed by atoms with E-state index in [0.29, 0.717) is 18.5 Å². The maximum atomic E-state index is 12.9. The van der Waals surface area contributed by atoms with Gasteiger partial charge in [0.25, 0.3) is 5.91 Å². The first-order valence-electron chi connectivity index (χ1n) is 8.97. The highest BCUT2D eigenvalue weighted by Gasteiger charge is 2.43. The van der Waals surface area contributed by atoms with Gasteiger partial charge in [0, 0.05) is 17.5 Å². The predicted molar refractivity (Wildman–Crippen MR) is 100 cm³/mol. The van der Waals surface area contributed by atoms with Crippen molar-refractivity contribution in [1.82, 2.24) is 10.2 Å². The summed E-state index contributed by atoms with van der Waals surface area (Å²) < 4.78 is 6.44. The lowest BCUT2D eigenvalue weighted by Crippen LogP contribution is -2.52. The third kappa shape index (κ3) is 3.16. The molecule has 1 saturated heterocycles. The number of hydrogen-bond acceptors (Lipinski definition) is 4. The minimum absolute atomic E-state index is 0.0433. The molecule has 1 aromatic carbocycles. The van der Waals surface area contributed by atoms with Gasteiger partial charge in [0.2, 0.25) is 20.1 Å². The van der Waals surface area contributed by atoms with Gasteiger partial charge in [0.15, 0.2) is 0 Å². The van der Waals surface area contributed by atoms with Crippen LogP contribution in [0.5, 0.6) is 5.75 Å². The number of fused-ring (bicyclic) bond motifs is 1. The Labute approximate surface area is 155 Å². The van der Waals surface area contributed by atoms with Gasteiger partial charge in [-0.25, -0.2) is 0 Å². The highest BCUT2D eigenvalue weighted by molar-refractivity contribution is 6.74. The highest BCUT2D eigenvalue weighted by atomic mass is 28.4. The molecule has 6 nitrogen and oxygen atoms in total. The summed E-state index contributed by atoms with van der Waals surface area (Å²) in [6, 6.07) is 4.91. The summed E-state index contributed by atoms with van der Waals surface area (Å²) in [4.78, 5) is 38.0. The number of benzene rings is 1. The molecule has 3 amide bonds. The van der Waals surface area contributed by atoms with E-state index in [1.807, 2.05) is 12.1 Å². The molecule has 0 aliphatic carbocycles. The molecule has 1 unspecified atom stereocenters. The summed E-state index contributed by atoms with van der Waals surface area (Å²) in [6.45, 7) is 11.2. The molecule has 0 aromatic heterocycles. The van der Waals surface area contributed by atoms with Crippen LogP contribution in [0.15, 0.2) is 18.2 Å². The normalized spacial score (nSPS) is 20.9. The van der Waals surface area contributed by atoms with Crippen LogP contribution >= 0.6 is 0 Å². The fourth-order valence-electron chi connectivity index (χ4n) is 3.08. The van der Waals surface area contributed by atoms with Crippen LogP contribution in [0.2, 0.25) is 18.1 Å². The Morgan fingerprint density at radius 1 is 1.19 bits per heavy atom. The molecule has 0 saturated carbocycles. The molecule has 3 rings (SSSR count). The van der Waals surface area contributed by atoms with E-state index in [0.717, 1.165) is 11.3 Å². The van der Waals surface area contributed by atoms with E-state index in [9.17, 15) is 14.4 Å². The molecule has 0 radical (unpaired) electrons. The minimum Gasteiger partial charge on any atom is -0.543 e. The first kappa shape index (κ1) is 18.6. The van der Waals surface area contributed by atoms with E-state index in [4.69, 9.17) is 4.43 Å². The van der Waals surface area contributed by atoms with Crippen LogP contribution in [0.1, 0.15) is 49.5 Å². The fourth-order valence-corrected chi connectivity index (χ4v) is 4.13. The zero-order valence-electron chi connectivity index (χ0n) is 16.0. The van der Waals surface area contributed by atoms with Crippen LogP contribution < -0.4 is 9.74 Å². The van der Waals surface area contributed by atoms with Crippen LogP contribution in [0.3, 0.4) is 0 Å². The number of piperidine rings is 1. The van der Waals surface area contributed by atoms with Gasteiger partial charge in [-0.05, 0) is 36.7 Å². The molecule has 26 heavy (non-hydrogen) atoms. The second-order valence-corrected chi connectivity index (χ2v) is 13.3. The van der Waals surface area contributed by atoms with Crippen molar-refractivity contribution in [2.24, 2.45) is 0 Å². The molecule has 2 aliphatic heterocycles. The van der Waals surface area contributed by atoms with Crippen molar-refractivity contribution >= 4 is 26.0 Å².